The van der Waals surface area contributed by atoms with Gasteiger partial charge in [-0.2, -0.15) is 0 Å². The van der Waals surface area contributed by atoms with Crippen molar-refractivity contribution in [2.24, 2.45) is 0 Å². The highest BCUT2D eigenvalue weighted by molar-refractivity contribution is 4.94. The fourth-order valence-electron chi connectivity index (χ4n) is 0.477. The lowest BCUT2D eigenvalue weighted by Crippen LogP contribution is -1.95. The fraction of sp³-hybridized carbons (Fsp3) is 0.333. The van der Waals surface area contributed by atoms with Crippen molar-refractivity contribution in [3.05, 3.63) is 12.4 Å². The second kappa shape index (κ2) is 2.88. The Bertz CT molecular complexity index is 214. The molecule has 0 fully saturated rings. The van der Waals surface area contributed by atoms with Gasteiger partial charge in [0.1, 0.15) is 6.54 Å². The van der Waals surface area contributed by atoms with Crippen LogP contribution in [-0.2, 0) is 6.54 Å². The Morgan fingerprint density at radius 3 is 3.11 bits per heavy atom. The summed E-state index contributed by atoms with van der Waals surface area (Å²) in [6.07, 6.45) is 3.42. The molecule has 0 saturated heterocycles. The summed E-state index contributed by atoms with van der Waals surface area (Å²) in [4.78, 5) is 0. The summed E-state index contributed by atoms with van der Waals surface area (Å²) in [5, 5.41) is 7.34. The standard InChI is InChI=1S/C6H7N3/c1-2-3-5-9-6-4-7-8-9/h4,6H,5H2,1H3. The van der Waals surface area contributed by atoms with E-state index in [4.69, 9.17) is 0 Å². The van der Waals surface area contributed by atoms with E-state index in [0.717, 1.165) is 0 Å². The molecule has 1 aromatic heterocycles. The lowest BCUT2D eigenvalue weighted by molar-refractivity contribution is 0.672. The molecule has 0 amide bonds. The highest BCUT2D eigenvalue weighted by Gasteiger charge is 1.82. The molecule has 9 heavy (non-hydrogen) atoms. The molecule has 3 nitrogen and oxygen atoms in total. The van der Waals surface area contributed by atoms with Crippen molar-refractivity contribution in [1.82, 2.24) is 15.0 Å². The van der Waals surface area contributed by atoms with Crippen LogP contribution in [-0.4, -0.2) is 15.0 Å². The van der Waals surface area contributed by atoms with Crippen molar-refractivity contribution < 1.29 is 0 Å². The Balaban J connectivity index is 2.54. The van der Waals surface area contributed by atoms with E-state index in [1.807, 2.05) is 0 Å². The van der Waals surface area contributed by atoms with Crippen molar-refractivity contribution in [2.45, 2.75) is 13.5 Å². The molecule has 0 aliphatic heterocycles. The molecule has 0 radical (unpaired) electrons. The SMILES string of the molecule is CC#CCn1ccnn1. The van der Waals surface area contributed by atoms with E-state index in [-0.39, 0.29) is 0 Å². The first kappa shape index (κ1) is 5.83. The molecule has 46 valence electrons. The van der Waals surface area contributed by atoms with Crippen LogP contribution in [0, 0.1) is 11.8 Å². The van der Waals surface area contributed by atoms with Crippen molar-refractivity contribution in [3.8, 4) is 11.8 Å². The van der Waals surface area contributed by atoms with Gasteiger partial charge in [-0.3, -0.25) is 0 Å². The Hall–Kier alpha value is -1.30. The third-order valence-electron chi connectivity index (χ3n) is 0.890. The summed E-state index contributed by atoms with van der Waals surface area (Å²) in [5.74, 6) is 5.63. The average molecular weight is 121 g/mol. The first-order chi connectivity index (χ1) is 4.43. The molecule has 1 rings (SSSR count). The van der Waals surface area contributed by atoms with Crippen LogP contribution in [0.5, 0.6) is 0 Å². The maximum Gasteiger partial charge on any atom is 0.103 e. The maximum absolute atomic E-state index is 3.72. The zero-order valence-electron chi connectivity index (χ0n) is 5.20. The van der Waals surface area contributed by atoms with E-state index in [0.29, 0.717) is 6.54 Å². The van der Waals surface area contributed by atoms with E-state index in [1.165, 1.54) is 0 Å². The third kappa shape index (κ3) is 1.57. The normalized spacial score (nSPS) is 8.11. The summed E-state index contributed by atoms with van der Waals surface area (Å²) in [7, 11) is 0. The number of aromatic nitrogens is 3. The van der Waals surface area contributed by atoms with Gasteiger partial charge in [-0.05, 0) is 6.92 Å². The van der Waals surface area contributed by atoms with E-state index in [9.17, 15) is 0 Å². The molecular weight excluding hydrogens is 114 g/mol. The number of rotatable bonds is 1. The van der Waals surface area contributed by atoms with Crippen molar-refractivity contribution in [2.75, 3.05) is 0 Å². The molecule has 3 heteroatoms. The van der Waals surface area contributed by atoms with E-state index in [1.54, 1.807) is 24.0 Å². The molecule has 0 aliphatic carbocycles. The van der Waals surface area contributed by atoms with Crippen LogP contribution in [0.4, 0.5) is 0 Å². The van der Waals surface area contributed by atoms with Gasteiger partial charge in [0.2, 0.25) is 0 Å². The molecular formula is C6H7N3. The summed E-state index contributed by atoms with van der Waals surface area (Å²) >= 11 is 0. The molecule has 0 atom stereocenters. The quantitative estimate of drug-likeness (QED) is 0.500. The molecule has 0 unspecified atom stereocenters. The zero-order valence-corrected chi connectivity index (χ0v) is 5.20. The minimum Gasteiger partial charge on any atom is -0.241 e. The van der Waals surface area contributed by atoms with Crippen molar-refractivity contribution >= 4 is 0 Å². The largest absolute Gasteiger partial charge is 0.241 e. The van der Waals surface area contributed by atoms with Gasteiger partial charge in [0.15, 0.2) is 0 Å². The smallest absolute Gasteiger partial charge is 0.103 e. The molecule has 0 aliphatic rings. The van der Waals surface area contributed by atoms with Crippen LogP contribution in [0.25, 0.3) is 0 Å². The van der Waals surface area contributed by atoms with E-state index < -0.39 is 0 Å². The summed E-state index contributed by atoms with van der Waals surface area (Å²) in [5.41, 5.74) is 0. The molecule has 0 N–H and O–H groups in total. The predicted molar refractivity (Wildman–Crippen MR) is 33.5 cm³/mol. The summed E-state index contributed by atoms with van der Waals surface area (Å²) in [6, 6.07) is 0. The Labute approximate surface area is 53.7 Å². The lowest BCUT2D eigenvalue weighted by atomic mass is 10.6. The van der Waals surface area contributed by atoms with Crippen LogP contribution >= 0.6 is 0 Å². The highest BCUT2D eigenvalue weighted by Crippen LogP contribution is 1.76. The Kier molecular flexibility index (Phi) is 1.86. The second-order valence-corrected chi connectivity index (χ2v) is 1.53. The molecule has 0 spiro atoms. The van der Waals surface area contributed by atoms with Gasteiger partial charge < -0.3 is 0 Å². The molecule has 0 bridgehead atoms. The number of hydrogen-bond acceptors (Lipinski definition) is 2. The predicted octanol–water partition coefficient (Wildman–Crippen LogP) is 0.301. The van der Waals surface area contributed by atoms with Crippen LogP contribution in [0.3, 0.4) is 0 Å². The van der Waals surface area contributed by atoms with Gasteiger partial charge in [-0.1, -0.05) is 11.1 Å². The minimum absolute atomic E-state index is 0.635. The molecule has 1 aromatic rings. The summed E-state index contributed by atoms with van der Waals surface area (Å²) in [6.45, 7) is 2.44. The first-order valence-electron chi connectivity index (χ1n) is 2.67. The lowest BCUT2D eigenvalue weighted by Gasteiger charge is -1.85. The molecule has 0 aromatic carbocycles. The summed E-state index contributed by atoms with van der Waals surface area (Å²) < 4.78 is 1.68. The Morgan fingerprint density at radius 2 is 2.56 bits per heavy atom. The monoisotopic (exact) mass is 121 g/mol. The van der Waals surface area contributed by atoms with Crippen LogP contribution in [0.2, 0.25) is 0 Å². The first-order valence-corrected chi connectivity index (χ1v) is 2.67. The zero-order chi connectivity index (χ0) is 6.53. The average Bonchev–Trinajstić information content (AvgIpc) is 2.34. The van der Waals surface area contributed by atoms with Gasteiger partial charge >= 0.3 is 0 Å². The van der Waals surface area contributed by atoms with Crippen LogP contribution in [0.15, 0.2) is 12.4 Å². The van der Waals surface area contributed by atoms with Crippen LogP contribution in [0.1, 0.15) is 6.92 Å². The fourth-order valence-corrected chi connectivity index (χ4v) is 0.477. The molecule has 1 heterocycles. The van der Waals surface area contributed by atoms with Crippen molar-refractivity contribution in [3.63, 3.8) is 0 Å². The van der Waals surface area contributed by atoms with E-state index in [2.05, 4.69) is 22.2 Å². The van der Waals surface area contributed by atoms with Gasteiger partial charge in [-0.15, -0.1) is 11.0 Å². The second-order valence-electron chi connectivity index (χ2n) is 1.53. The number of nitrogens with zero attached hydrogens (tertiary/aromatic N) is 3. The third-order valence-corrected chi connectivity index (χ3v) is 0.890. The maximum atomic E-state index is 3.72. The number of hydrogen-bond donors (Lipinski definition) is 0. The van der Waals surface area contributed by atoms with Gasteiger partial charge in [-0.25, -0.2) is 4.68 Å². The minimum atomic E-state index is 0.635. The van der Waals surface area contributed by atoms with Gasteiger partial charge in [0.25, 0.3) is 0 Å². The van der Waals surface area contributed by atoms with Gasteiger partial charge in [0, 0.05) is 6.20 Å². The van der Waals surface area contributed by atoms with E-state index >= 15 is 0 Å². The van der Waals surface area contributed by atoms with Crippen LogP contribution < -0.4 is 0 Å². The molecule has 0 saturated carbocycles. The van der Waals surface area contributed by atoms with Gasteiger partial charge in [0.05, 0.1) is 6.20 Å². The van der Waals surface area contributed by atoms with Crippen molar-refractivity contribution in [1.29, 1.82) is 0 Å². The highest BCUT2D eigenvalue weighted by atomic mass is 15.4. The topological polar surface area (TPSA) is 30.7 Å². The Morgan fingerprint density at radius 1 is 1.67 bits per heavy atom.